The summed E-state index contributed by atoms with van der Waals surface area (Å²) >= 11 is 0. The lowest BCUT2D eigenvalue weighted by Gasteiger charge is -2.54. The Hall–Kier alpha value is -4.06. The lowest BCUT2D eigenvalue weighted by atomic mass is 10.1. The molecule has 10 nitrogen and oxygen atoms in total. The molecule has 4 amide bonds. The first-order valence-electron chi connectivity index (χ1n) is 11.2. The molecule has 1 N–H and O–H groups in total. The van der Waals surface area contributed by atoms with Gasteiger partial charge in [-0.05, 0) is 11.6 Å². The minimum atomic E-state index is -1.22. The molecule has 2 aromatic rings. The van der Waals surface area contributed by atoms with Crippen LogP contribution in [0.5, 0.6) is 0 Å². The van der Waals surface area contributed by atoms with Crippen LogP contribution in [0.15, 0.2) is 48.5 Å². The minimum absolute atomic E-state index is 0.0591. The molecule has 36 heavy (non-hydrogen) atoms. The molecule has 2 aromatic carbocycles. The molecule has 0 unspecified atom stereocenters. The van der Waals surface area contributed by atoms with E-state index in [1.54, 1.807) is 7.05 Å². The SMILES string of the molecule is CN1CC(=O)N2[C@@H](COC=O)C(=O)N(Cc3ccc(F)cc3F)C[C@@H]2N1C(=O)NCc1ccccc1. The lowest BCUT2D eigenvalue weighted by Crippen LogP contribution is -2.76. The number of hydrogen-bond donors (Lipinski definition) is 1. The van der Waals surface area contributed by atoms with Gasteiger partial charge in [0.25, 0.3) is 6.47 Å². The van der Waals surface area contributed by atoms with E-state index in [0.717, 1.165) is 11.6 Å². The van der Waals surface area contributed by atoms with Gasteiger partial charge >= 0.3 is 6.03 Å². The van der Waals surface area contributed by atoms with Crippen LogP contribution in [0.4, 0.5) is 13.6 Å². The summed E-state index contributed by atoms with van der Waals surface area (Å²) in [7, 11) is 1.56. The third-order valence-corrected chi connectivity index (χ3v) is 6.13. The zero-order chi connectivity index (χ0) is 25.8. The number of hydrogen-bond acceptors (Lipinski definition) is 6. The Morgan fingerprint density at radius 1 is 1.17 bits per heavy atom. The molecule has 2 aliphatic rings. The van der Waals surface area contributed by atoms with Crippen molar-refractivity contribution in [2.24, 2.45) is 0 Å². The van der Waals surface area contributed by atoms with Crippen molar-refractivity contribution in [3.8, 4) is 0 Å². The fourth-order valence-corrected chi connectivity index (χ4v) is 4.45. The number of likely N-dealkylation sites (N-methyl/N-ethyl adjacent to an activating group) is 1. The molecular weight excluding hydrogens is 476 g/mol. The van der Waals surface area contributed by atoms with Crippen molar-refractivity contribution in [1.29, 1.82) is 0 Å². The maximum Gasteiger partial charge on any atom is 0.334 e. The van der Waals surface area contributed by atoms with Crippen LogP contribution >= 0.6 is 0 Å². The van der Waals surface area contributed by atoms with Crippen molar-refractivity contribution >= 4 is 24.3 Å². The Morgan fingerprint density at radius 3 is 2.61 bits per heavy atom. The van der Waals surface area contributed by atoms with Crippen LogP contribution in [0.1, 0.15) is 11.1 Å². The maximum atomic E-state index is 14.4. The highest BCUT2D eigenvalue weighted by atomic mass is 19.1. The van der Waals surface area contributed by atoms with Crippen molar-refractivity contribution < 1.29 is 32.7 Å². The van der Waals surface area contributed by atoms with Crippen LogP contribution in [0.25, 0.3) is 0 Å². The van der Waals surface area contributed by atoms with Crippen LogP contribution in [0, 0.1) is 11.6 Å². The molecule has 0 spiro atoms. The highest BCUT2D eigenvalue weighted by Gasteiger charge is 2.51. The number of nitrogens with zero attached hydrogens (tertiary/aromatic N) is 4. The van der Waals surface area contributed by atoms with Gasteiger partial charge in [-0.25, -0.2) is 23.6 Å². The predicted octanol–water partition coefficient (Wildman–Crippen LogP) is 1.08. The second-order valence-electron chi connectivity index (χ2n) is 8.49. The highest BCUT2D eigenvalue weighted by Crippen LogP contribution is 2.27. The molecule has 12 heteroatoms. The van der Waals surface area contributed by atoms with Crippen LogP contribution in [-0.2, 0) is 32.2 Å². The van der Waals surface area contributed by atoms with Crippen molar-refractivity contribution in [3.05, 3.63) is 71.3 Å². The van der Waals surface area contributed by atoms with E-state index in [2.05, 4.69) is 5.32 Å². The first kappa shape index (κ1) is 25.0. The Bertz CT molecular complexity index is 1150. The molecule has 2 heterocycles. The number of hydrazine groups is 1. The van der Waals surface area contributed by atoms with E-state index in [0.29, 0.717) is 6.07 Å². The van der Waals surface area contributed by atoms with Crippen molar-refractivity contribution in [3.63, 3.8) is 0 Å². The predicted molar refractivity (Wildman–Crippen MR) is 121 cm³/mol. The van der Waals surface area contributed by atoms with Crippen LogP contribution < -0.4 is 5.32 Å². The molecule has 2 atom stereocenters. The molecule has 0 aliphatic carbocycles. The molecule has 2 saturated heterocycles. The minimum Gasteiger partial charge on any atom is -0.465 e. The number of carbonyl (C=O) groups is 4. The summed E-state index contributed by atoms with van der Waals surface area (Å²) in [4.78, 5) is 52.9. The van der Waals surface area contributed by atoms with Gasteiger partial charge in [-0.1, -0.05) is 36.4 Å². The third-order valence-electron chi connectivity index (χ3n) is 6.13. The Balaban J connectivity index is 1.62. The fraction of sp³-hybridized carbons (Fsp3) is 0.333. The zero-order valence-corrected chi connectivity index (χ0v) is 19.5. The molecule has 0 radical (unpaired) electrons. The number of urea groups is 1. The number of piperazine rings is 1. The van der Waals surface area contributed by atoms with Gasteiger partial charge in [-0.15, -0.1) is 0 Å². The van der Waals surface area contributed by atoms with E-state index in [1.165, 1.54) is 25.9 Å². The molecule has 0 saturated carbocycles. The summed E-state index contributed by atoms with van der Waals surface area (Å²) in [5.74, 6) is -2.61. The van der Waals surface area contributed by atoms with Crippen molar-refractivity contribution in [2.75, 3.05) is 26.7 Å². The number of fused-ring (bicyclic) bond motifs is 1. The van der Waals surface area contributed by atoms with Crippen LogP contribution in [0.3, 0.4) is 0 Å². The topological polar surface area (TPSA) is 102 Å². The summed E-state index contributed by atoms with van der Waals surface area (Å²) in [6, 6.07) is 10.5. The van der Waals surface area contributed by atoms with Gasteiger partial charge < -0.3 is 19.9 Å². The summed E-state index contributed by atoms with van der Waals surface area (Å²) in [5, 5.41) is 5.57. The standard InChI is InChI=1S/C24H25F2N5O5/c1-28-13-22(33)30-20(14-36-15-32)23(34)29(11-17-7-8-18(25)9-19(17)26)12-21(30)31(28)24(35)27-10-16-5-3-2-4-6-16/h2-9,15,20-21H,10-14H2,1H3,(H,27,35)/t20-,21-/m0/s1. The van der Waals surface area contributed by atoms with Gasteiger partial charge in [0, 0.05) is 31.8 Å². The fourth-order valence-electron chi connectivity index (χ4n) is 4.45. The first-order valence-corrected chi connectivity index (χ1v) is 11.2. The number of ether oxygens (including phenoxy) is 1. The van der Waals surface area contributed by atoms with Crippen LogP contribution in [-0.4, -0.2) is 83.1 Å². The van der Waals surface area contributed by atoms with Crippen molar-refractivity contribution in [1.82, 2.24) is 25.1 Å². The number of halogens is 2. The second-order valence-corrected chi connectivity index (χ2v) is 8.49. The average molecular weight is 501 g/mol. The summed E-state index contributed by atoms with van der Waals surface area (Å²) in [5.41, 5.74) is 0.923. The molecule has 2 aliphatic heterocycles. The molecular formula is C24H25F2N5O5. The number of carbonyl (C=O) groups excluding carboxylic acids is 4. The third kappa shape index (κ3) is 5.13. The van der Waals surface area contributed by atoms with E-state index in [-0.39, 0.29) is 38.2 Å². The smallest absolute Gasteiger partial charge is 0.334 e. The molecule has 190 valence electrons. The molecule has 0 bridgehead atoms. The number of benzene rings is 2. The van der Waals surface area contributed by atoms with E-state index in [1.807, 2.05) is 30.3 Å². The zero-order valence-electron chi connectivity index (χ0n) is 19.5. The van der Waals surface area contributed by atoms with E-state index in [9.17, 15) is 28.0 Å². The first-order chi connectivity index (χ1) is 17.3. The maximum absolute atomic E-state index is 14.4. The molecule has 0 aromatic heterocycles. The monoisotopic (exact) mass is 501 g/mol. The largest absolute Gasteiger partial charge is 0.465 e. The van der Waals surface area contributed by atoms with Gasteiger partial charge in [0.1, 0.15) is 30.4 Å². The van der Waals surface area contributed by atoms with E-state index in [4.69, 9.17) is 4.74 Å². The summed E-state index contributed by atoms with van der Waals surface area (Å²) in [6.45, 7) is -0.604. The van der Waals surface area contributed by atoms with E-state index < -0.39 is 48.3 Å². The lowest BCUT2D eigenvalue weighted by molar-refractivity contribution is -0.191. The number of amides is 4. The van der Waals surface area contributed by atoms with Gasteiger partial charge in [0.2, 0.25) is 11.8 Å². The Labute approximate surface area is 206 Å². The van der Waals surface area contributed by atoms with Gasteiger partial charge in [0.05, 0.1) is 13.1 Å². The summed E-state index contributed by atoms with van der Waals surface area (Å²) < 4.78 is 32.6. The van der Waals surface area contributed by atoms with E-state index >= 15 is 0 Å². The van der Waals surface area contributed by atoms with Crippen LogP contribution in [0.2, 0.25) is 0 Å². The molecule has 2 fully saturated rings. The normalized spacial score (nSPS) is 20.2. The van der Waals surface area contributed by atoms with Gasteiger partial charge in [-0.2, -0.15) is 0 Å². The second kappa shape index (κ2) is 10.7. The average Bonchev–Trinajstić information content (AvgIpc) is 2.85. The quantitative estimate of drug-likeness (QED) is 0.570. The van der Waals surface area contributed by atoms with Gasteiger partial charge in [0.15, 0.2) is 0 Å². The highest BCUT2D eigenvalue weighted by molar-refractivity contribution is 5.91. The number of nitrogens with one attached hydrogen (secondary N) is 1. The Kier molecular flexibility index (Phi) is 7.44. The summed E-state index contributed by atoms with van der Waals surface area (Å²) in [6.07, 6.45) is -0.950. The Morgan fingerprint density at radius 2 is 1.92 bits per heavy atom. The molecule has 4 rings (SSSR count). The van der Waals surface area contributed by atoms with Crippen molar-refractivity contribution in [2.45, 2.75) is 25.3 Å². The van der Waals surface area contributed by atoms with Gasteiger partial charge in [-0.3, -0.25) is 14.4 Å². The number of rotatable bonds is 7.